The Kier molecular flexibility index (Phi) is 3.88. The van der Waals surface area contributed by atoms with Gasteiger partial charge in [0.1, 0.15) is 17.9 Å². The molecule has 0 aliphatic rings. The van der Waals surface area contributed by atoms with Gasteiger partial charge in [-0.05, 0) is 38.3 Å². The minimum absolute atomic E-state index is 0.574. The summed E-state index contributed by atoms with van der Waals surface area (Å²) < 4.78 is 6.18. The minimum Gasteiger partial charge on any atom is -0.486 e. The van der Waals surface area contributed by atoms with Crippen molar-refractivity contribution in [3.63, 3.8) is 0 Å². The van der Waals surface area contributed by atoms with E-state index in [4.69, 9.17) is 4.74 Å². The summed E-state index contributed by atoms with van der Waals surface area (Å²) in [6.45, 7) is 8.98. The Morgan fingerprint density at radius 1 is 1.18 bits per heavy atom. The van der Waals surface area contributed by atoms with Crippen LogP contribution in [-0.2, 0) is 13.0 Å². The summed E-state index contributed by atoms with van der Waals surface area (Å²) in [5, 5.41) is 0. The quantitative estimate of drug-likeness (QED) is 0.762. The molecule has 3 heteroatoms. The highest BCUT2D eigenvalue weighted by Gasteiger charge is 2.14. The maximum Gasteiger partial charge on any atom is 0.150 e. The Labute approximate surface area is 131 Å². The van der Waals surface area contributed by atoms with Crippen molar-refractivity contribution in [2.45, 2.75) is 40.7 Å². The standard InChI is InChI=1S/C19H22N2O/c1-5-16-10-20-17-13(3)14(4)21-18(17)19(16)22-11-15-8-6-7-12(2)9-15/h6-10,21H,5,11H2,1-4H3. The van der Waals surface area contributed by atoms with Crippen molar-refractivity contribution in [2.24, 2.45) is 0 Å². The van der Waals surface area contributed by atoms with Crippen LogP contribution in [0.3, 0.4) is 0 Å². The molecule has 2 aromatic heterocycles. The average molecular weight is 294 g/mol. The number of rotatable bonds is 4. The van der Waals surface area contributed by atoms with Gasteiger partial charge in [0.15, 0.2) is 0 Å². The first kappa shape index (κ1) is 14.6. The summed E-state index contributed by atoms with van der Waals surface area (Å²) in [6.07, 6.45) is 2.84. The first-order valence-electron chi connectivity index (χ1n) is 7.75. The molecule has 0 bridgehead atoms. The van der Waals surface area contributed by atoms with Crippen LogP contribution in [-0.4, -0.2) is 9.97 Å². The van der Waals surface area contributed by atoms with E-state index in [1.807, 2.05) is 6.20 Å². The van der Waals surface area contributed by atoms with E-state index in [9.17, 15) is 0 Å². The molecule has 0 aliphatic carbocycles. The van der Waals surface area contributed by atoms with Gasteiger partial charge in [0.05, 0.1) is 5.52 Å². The molecular formula is C19H22N2O. The van der Waals surface area contributed by atoms with E-state index >= 15 is 0 Å². The monoisotopic (exact) mass is 294 g/mol. The second-order valence-corrected chi connectivity index (χ2v) is 5.84. The van der Waals surface area contributed by atoms with Crippen molar-refractivity contribution in [1.82, 2.24) is 9.97 Å². The third-order valence-electron chi connectivity index (χ3n) is 4.18. The third-order valence-corrected chi connectivity index (χ3v) is 4.18. The zero-order valence-electron chi connectivity index (χ0n) is 13.7. The van der Waals surface area contributed by atoms with Crippen LogP contribution in [0.1, 0.15) is 34.9 Å². The molecule has 3 nitrogen and oxygen atoms in total. The van der Waals surface area contributed by atoms with E-state index in [-0.39, 0.29) is 0 Å². The van der Waals surface area contributed by atoms with Crippen molar-refractivity contribution in [2.75, 3.05) is 0 Å². The van der Waals surface area contributed by atoms with E-state index in [0.29, 0.717) is 6.61 Å². The van der Waals surface area contributed by atoms with Gasteiger partial charge in [0.25, 0.3) is 0 Å². The number of nitrogens with one attached hydrogen (secondary N) is 1. The first-order valence-corrected chi connectivity index (χ1v) is 7.75. The molecule has 0 amide bonds. The van der Waals surface area contributed by atoms with Crippen molar-refractivity contribution in [3.8, 4) is 5.75 Å². The Bertz CT molecular complexity index is 818. The molecule has 3 rings (SSSR count). The van der Waals surface area contributed by atoms with Crippen LogP contribution in [0.2, 0.25) is 0 Å². The number of ether oxygens (including phenoxy) is 1. The smallest absolute Gasteiger partial charge is 0.150 e. The lowest BCUT2D eigenvalue weighted by Crippen LogP contribution is -2.00. The predicted octanol–water partition coefficient (Wildman–Crippen LogP) is 4.63. The van der Waals surface area contributed by atoms with E-state index in [2.05, 4.69) is 61.9 Å². The maximum absolute atomic E-state index is 6.18. The number of fused-ring (bicyclic) bond motifs is 1. The van der Waals surface area contributed by atoms with Crippen molar-refractivity contribution in [1.29, 1.82) is 0 Å². The van der Waals surface area contributed by atoms with Gasteiger partial charge in [-0.2, -0.15) is 0 Å². The molecular weight excluding hydrogens is 272 g/mol. The van der Waals surface area contributed by atoms with Gasteiger partial charge in [0, 0.05) is 17.5 Å². The number of hydrogen-bond acceptors (Lipinski definition) is 2. The first-order chi connectivity index (χ1) is 10.6. The fourth-order valence-electron chi connectivity index (χ4n) is 2.77. The van der Waals surface area contributed by atoms with Crippen molar-refractivity contribution < 1.29 is 4.74 Å². The van der Waals surface area contributed by atoms with E-state index in [1.54, 1.807) is 0 Å². The molecule has 1 aromatic carbocycles. The highest BCUT2D eigenvalue weighted by molar-refractivity contribution is 5.86. The number of benzene rings is 1. The fourth-order valence-corrected chi connectivity index (χ4v) is 2.77. The number of hydrogen-bond donors (Lipinski definition) is 1. The molecule has 0 aliphatic heterocycles. The molecule has 2 heterocycles. The molecule has 0 unspecified atom stereocenters. The van der Waals surface area contributed by atoms with E-state index in [0.717, 1.165) is 34.5 Å². The summed E-state index contributed by atoms with van der Waals surface area (Å²) in [4.78, 5) is 8.02. The molecule has 0 saturated heterocycles. The Balaban J connectivity index is 1.99. The van der Waals surface area contributed by atoms with Crippen LogP contribution in [0.5, 0.6) is 5.75 Å². The lowest BCUT2D eigenvalue weighted by atomic mass is 10.1. The summed E-state index contributed by atoms with van der Waals surface area (Å²) in [7, 11) is 0. The van der Waals surface area contributed by atoms with Gasteiger partial charge < -0.3 is 9.72 Å². The van der Waals surface area contributed by atoms with Gasteiger partial charge in [0.2, 0.25) is 0 Å². The van der Waals surface area contributed by atoms with Crippen molar-refractivity contribution in [3.05, 3.63) is 58.4 Å². The third kappa shape index (κ3) is 2.59. The van der Waals surface area contributed by atoms with Crippen LogP contribution in [0.25, 0.3) is 11.0 Å². The predicted molar refractivity (Wildman–Crippen MR) is 90.5 cm³/mol. The van der Waals surface area contributed by atoms with Gasteiger partial charge in [-0.3, -0.25) is 4.98 Å². The number of H-pyrrole nitrogens is 1. The summed E-state index contributed by atoms with van der Waals surface area (Å²) in [5.41, 5.74) is 7.95. The molecule has 0 fully saturated rings. The molecule has 0 saturated carbocycles. The van der Waals surface area contributed by atoms with Crippen molar-refractivity contribution >= 4 is 11.0 Å². The summed E-state index contributed by atoms with van der Waals surface area (Å²) in [5.74, 6) is 0.935. The van der Waals surface area contributed by atoms with Gasteiger partial charge in [-0.15, -0.1) is 0 Å². The lowest BCUT2D eigenvalue weighted by molar-refractivity contribution is 0.306. The molecule has 22 heavy (non-hydrogen) atoms. The molecule has 0 spiro atoms. The zero-order valence-corrected chi connectivity index (χ0v) is 13.7. The summed E-state index contributed by atoms with van der Waals surface area (Å²) in [6, 6.07) is 8.43. The summed E-state index contributed by atoms with van der Waals surface area (Å²) >= 11 is 0. The van der Waals surface area contributed by atoms with E-state index < -0.39 is 0 Å². The number of aryl methyl sites for hydroxylation is 4. The largest absolute Gasteiger partial charge is 0.486 e. The topological polar surface area (TPSA) is 37.9 Å². The Morgan fingerprint density at radius 2 is 2.00 bits per heavy atom. The van der Waals surface area contributed by atoms with Crippen LogP contribution >= 0.6 is 0 Å². The van der Waals surface area contributed by atoms with Crippen LogP contribution in [0.15, 0.2) is 30.5 Å². The second kappa shape index (κ2) is 5.84. The van der Waals surface area contributed by atoms with Gasteiger partial charge in [-0.1, -0.05) is 36.8 Å². The lowest BCUT2D eigenvalue weighted by Gasteiger charge is -2.12. The minimum atomic E-state index is 0.574. The molecule has 1 N–H and O–H groups in total. The Morgan fingerprint density at radius 3 is 2.73 bits per heavy atom. The fraction of sp³-hybridized carbons (Fsp3) is 0.316. The number of pyridine rings is 1. The van der Waals surface area contributed by atoms with Gasteiger partial charge in [-0.25, -0.2) is 0 Å². The number of nitrogens with zero attached hydrogens (tertiary/aromatic N) is 1. The average Bonchev–Trinajstić information content (AvgIpc) is 2.80. The SMILES string of the molecule is CCc1cnc2c(C)c(C)[nH]c2c1OCc1cccc(C)c1. The molecule has 0 atom stereocenters. The van der Waals surface area contributed by atoms with E-state index in [1.165, 1.54) is 16.7 Å². The highest BCUT2D eigenvalue weighted by Crippen LogP contribution is 2.31. The molecule has 3 aromatic rings. The second-order valence-electron chi connectivity index (χ2n) is 5.84. The van der Waals surface area contributed by atoms with Crippen LogP contribution in [0.4, 0.5) is 0 Å². The maximum atomic E-state index is 6.18. The van der Waals surface area contributed by atoms with Gasteiger partial charge >= 0.3 is 0 Å². The number of aromatic amines is 1. The molecule has 0 radical (unpaired) electrons. The molecule has 114 valence electrons. The van der Waals surface area contributed by atoms with Crippen LogP contribution < -0.4 is 4.74 Å². The number of aromatic nitrogens is 2. The highest BCUT2D eigenvalue weighted by atomic mass is 16.5. The normalized spacial score (nSPS) is 11.1. The van der Waals surface area contributed by atoms with Crippen LogP contribution in [0, 0.1) is 20.8 Å². The Hall–Kier alpha value is -2.29. The zero-order chi connectivity index (χ0) is 15.7.